The quantitative estimate of drug-likeness (QED) is 0.774. The number of carbonyl (C=O) groups is 1. The summed E-state index contributed by atoms with van der Waals surface area (Å²) in [4.78, 5) is 13.6. The Hall–Kier alpha value is -0.570. The van der Waals surface area contributed by atoms with Crippen molar-refractivity contribution in [2.75, 3.05) is 13.1 Å². The van der Waals surface area contributed by atoms with Crippen molar-refractivity contribution >= 4 is 5.91 Å². The van der Waals surface area contributed by atoms with Crippen LogP contribution in [0.15, 0.2) is 0 Å². The van der Waals surface area contributed by atoms with E-state index in [2.05, 4.69) is 13.8 Å². The summed E-state index contributed by atoms with van der Waals surface area (Å²) in [5.74, 6) is 1.23. The number of aliphatic hydroxyl groups excluding tert-OH is 1. The van der Waals surface area contributed by atoms with E-state index in [1.807, 2.05) is 11.8 Å². The highest BCUT2D eigenvalue weighted by Gasteiger charge is 2.29. The summed E-state index contributed by atoms with van der Waals surface area (Å²) in [5.41, 5.74) is 0. The summed E-state index contributed by atoms with van der Waals surface area (Å²) in [7, 11) is 0. The van der Waals surface area contributed by atoms with Gasteiger partial charge in [0, 0.05) is 13.1 Å². The fraction of sp³-hybridized carbons (Fsp3) is 0.917. The Labute approximate surface area is 92.5 Å². The zero-order valence-electron chi connectivity index (χ0n) is 10.1. The van der Waals surface area contributed by atoms with Gasteiger partial charge in [0.1, 0.15) is 6.10 Å². The maximum absolute atomic E-state index is 11.8. The van der Waals surface area contributed by atoms with Gasteiger partial charge in [0.05, 0.1) is 0 Å². The molecular formula is C12H23NO2. The lowest BCUT2D eigenvalue weighted by Crippen LogP contribution is -2.46. The second kappa shape index (κ2) is 5.50. The van der Waals surface area contributed by atoms with Crippen LogP contribution in [0.4, 0.5) is 0 Å². The summed E-state index contributed by atoms with van der Waals surface area (Å²) >= 11 is 0. The van der Waals surface area contributed by atoms with Gasteiger partial charge in [0.2, 0.25) is 0 Å². The van der Waals surface area contributed by atoms with Crippen LogP contribution < -0.4 is 0 Å². The van der Waals surface area contributed by atoms with Crippen molar-refractivity contribution in [1.29, 1.82) is 0 Å². The predicted octanol–water partition coefficient (Wildman–Crippen LogP) is 1.65. The minimum atomic E-state index is -0.795. The Balaban J connectivity index is 2.54. The molecule has 1 amide bonds. The Bertz CT molecular complexity index is 218. The third-order valence-electron chi connectivity index (χ3n) is 3.62. The van der Waals surface area contributed by atoms with Crippen LogP contribution in [0.3, 0.4) is 0 Å². The molecule has 1 aliphatic heterocycles. The number of nitrogens with zero attached hydrogens (tertiary/aromatic N) is 1. The Morgan fingerprint density at radius 1 is 1.53 bits per heavy atom. The average Bonchev–Trinajstić information content (AvgIpc) is 2.27. The third kappa shape index (κ3) is 2.94. The third-order valence-corrected chi connectivity index (χ3v) is 3.62. The Morgan fingerprint density at radius 2 is 2.20 bits per heavy atom. The summed E-state index contributed by atoms with van der Waals surface area (Å²) in [5, 5.41) is 9.51. The van der Waals surface area contributed by atoms with Gasteiger partial charge in [-0.05, 0) is 24.7 Å². The first-order chi connectivity index (χ1) is 7.10. The molecule has 88 valence electrons. The van der Waals surface area contributed by atoms with Crippen LogP contribution in [-0.2, 0) is 4.79 Å². The first-order valence-electron chi connectivity index (χ1n) is 6.06. The molecule has 15 heavy (non-hydrogen) atoms. The molecule has 1 N–H and O–H groups in total. The van der Waals surface area contributed by atoms with Crippen LogP contribution >= 0.6 is 0 Å². The second-order valence-corrected chi connectivity index (χ2v) is 4.64. The highest BCUT2D eigenvalue weighted by atomic mass is 16.3. The van der Waals surface area contributed by atoms with Gasteiger partial charge in [-0.1, -0.05) is 27.2 Å². The van der Waals surface area contributed by atoms with Crippen molar-refractivity contribution in [1.82, 2.24) is 4.90 Å². The van der Waals surface area contributed by atoms with Crippen LogP contribution in [-0.4, -0.2) is 35.1 Å². The smallest absolute Gasteiger partial charge is 0.251 e. The highest BCUT2D eigenvalue weighted by Crippen LogP contribution is 2.25. The van der Waals surface area contributed by atoms with Crippen molar-refractivity contribution in [2.24, 2.45) is 11.8 Å². The first kappa shape index (κ1) is 12.5. The number of hydrogen-bond acceptors (Lipinski definition) is 2. The van der Waals surface area contributed by atoms with Crippen molar-refractivity contribution in [2.45, 2.75) is 46.1 Å². The molecule has 1 aliphatic rings. The van der Waals surface area contributed by atoms with Crippen molar-refractivity contribution in [3.05, 3.63) is 0 Å². The first-order valence-corrected chi connectivity index (χ1v) is 6.06. The van der Waals surface area contributed by atoms with Crippen LogP contribution in [0.5, 0.6) is 0 Å². The molecule has 3 atom stereocenters. The summed E-state index contributed by atoms with van der Waals surface area (Å²) in [6.45, 7) is 7.91. The molecule has 0 spiro atoms. The fourth-order valence-electron chi connectivity index (χ4n) is 2.27. The average molecular weight is 213 g/mol. The molecule has 1 rings (SSSR count). The number of piperidine rings is 1. The molecule has 0 aromatic carbocycles. The molecule has 1 heterocycles. The molecule has 0 radical (unpaired) electrons. The van der Waals surface area contributed by atoms with Crippen molar-refractivity contribution in [3.8, 4) is 0 Å². The number of rotatable bonds is 3. The monoisotopic (exact) mass is 213 g/mol. The Kier molecular flexibility index (Phi) is 4.58. The molecule has 0 unspecified atom stereocenters. The van der Waals surface area contributed by atoms with Crippen LogP contribution in [0.1, 0.15) is 40.0 Å². The van der Waals surface area contributed by atoms with E-state index in [9.17, 15) is 9.90 Å². The van der Waals surface area contributed by atoms with Gasteiger partial charge in [0.15, 0.2) is 0 Å². The number of hydrogen-bond donors (Lipinski definition) is 1. The van der Waals surface area contributed by atoms with Gasteiger partial charge in [-0.3, -0.25) is 4.79 Å². The van der Waals surface area contributed by atoms with Crippen molar-refractivity contribution < 1.29 is 9.90 Å². The van der Waals surface area contributed by atoms with E-state index in [1.54, 1.807) is 0 Å². The zero-order valence-corrected chi connectivity index (χ0v) is 10.1. The summed E-state index contributed by atoms with van der Waals surface area (Å²) in [6.07, 6.45) is 1.91. The molecule has 0 aromatic heterocycles. The van der Waals surface area contributed by atoms with Crippen LogP contribution in [0.2, 0.25) is 0 Å². The number of carbonyl (C=O) groups excluding carboxylic acids is 1. The molecule has 3 nitrogen and oxygen atoms in total. The largest absolute Gasteiger partial charge is 0.383 e. The minimum Gasteiger partial charge on any atom is -0.383 e. The molecule has 0 aromatic rings. The van der Waals surface area contributed by atoms with Crippen LogP contribution in [0, 0.1) is 11.8 Å². The van der Waals surface area contributed by atoms with E-state index in [-0.39, 0.29) is 5.91 Å². The predicted molar refractivity (Wildman–Crippen MR) is 60.4 cm³/mol. The highest BCUT2D eigenvalue weighted by molar-refractivity contribution is 5.80. The topological polar surface area (TPSA) is 40.5 Å². The molecule has 3 heteroatoms. The zero-order chi connectivity index (χ0) is 11.4. The van der Waals surface area contributed by atoms with E-state index < -0.39 is 6.10 Å². The van der Waals surface area contributed by atoms with Gasteiger partial charge in [-0.25, -0.2) is 0 Å². The van der Waals surface area contributed by atoms with Gasteiger partial charge < -0.3 is 10.0 Å². The molecule has 0 bridgehead atoms. The maximum atomic E-state index is 11.8. The van der Waals surface area contributed by atoms with E-state index in [4.69, 9.17) is 0 Å². The van der Waals surface area contributed by atoms with Gasteiger partial charge >= 0.3 is 0 Å². The standard InChI is InChI=1S/C12H23NO2/c1-4-10-8-13(7-6-9(10)3)12(15)11(14)5-2/h9-11,14H,4-8H2,1-3H3/t9-,10-,11+/m1/s1. The SMILES string of the molecule is CC[C@@H]1CN(C(=O)[C@@H](O)CC)CC[C@H]1C. The number of amides is 1. The van der Waals surface area contributed by atoms with Crippen LogP contribution in [0.25, 0.3) is 0 Å². The molecular weight excluding hydrogens is 190 g/mol. The van der Waals surface area contributed by atoms with Crippen molar-refractivity contribution in [3.63, 3.8) is 0 Å². The Morgan fingerprint density at radius 3 is 2.73 bits per heavy atom. The summed E-state index contributed by atoms with van der Waals surface area (Å²) in [6, 6.07) is 0. The number of likely N-dealkylation sites (tertiary alicyclic amines) is 1. The molecule has 0 saturated carbocycles. The van der Waals surface area contributed by atoms with E-state index in [1.165, 1.54) is 0 Å². The minimum absolute atomic E-state index is 0.0807. The van der Waals surface area contributed by atoms with E-state index in [0.29, 0.717) is 18.3 Å². The molecule has 1 saturated heterocycles. The van der Waals surface area contributed by atoms with Gasteiger partial charge in [-0.2, -0.15) is 0 Å². The van der Waals surface area contributed by atoms with Gasteiger partial charge in [-0.15, -0.1) is 0 Å². The molecule has 1 fully saturated rings. The fourth-order valence-corrected chi connectivity index (χ4v) is 2.27. The van der Waals surface area contributed by atoms with E-state index in [0.717, 1.165) is 25.9 Å². The lowest BCUT2D eigenvalue weighted by atomic mass is 9.85. The van der Waals surface area contributed by atoms with Gasteiger partial charge in [0.25, 0.3) is 5.91 Å². The maximum Gasteiger partial charge on any atom is 0.251 e. The lowest BCUT2D eigenvalue weighted by molar-refractivity contribution is -0.142. The van der Waals surface area contributed by atoms with E-state index >= 15 is 0 Å². The normalized spacial score (nSPS) is 28.9. The number of aliphatic hydroxyl groups is 1. The summed E-state index contributed by atoms with van der Waals surface area (Å²) < 4.78 is 0. The molecule has 0 aliphatic carbocycles. The second-order valence-electron chi connectivity index (χ2n) is 4.64. The lowest BCUT2D eigenvalue weighted by Gasteiger charge is -2.37.